The molecule has 2 N–H and O–H groups in total. The van der Waals surface area contributed by atoms with Gasteiger partial charge in [-0.3, -0.25) is 9.59 Å². The molecule has 3 aromatic rings. The maximum absolute atomic E-state index is 13.0. The Morgan fingerprint density at radius 2 is 1.75 bits per heavy atom. The Kier molecular flexibility index (Phi) is 5.30. The summed E-state index contributed by atoms with van der Waals surface area (Å²) in [5.74, 6) is -0.421. The van der Waals surface area contributed by atoms with E-state index in [1.807, 2.05) is 60.7 Å². The highest BCUT2D eigenvalue weighted by molar-refractivity contribution is 6.03. The van der Waals surface area contributed by atoms with Crippen molar-refractivity contribution in [1.82, 2.24) is 15.5 Å². The van der Waals surface area contributed by atoms with E-state index in [-0.39, 0.29) is 11.7 Å². The first kappa shape index (κ1) is 18.1. The molecule has 0 aliphatic carbocycles. The van der Waals surface area contributed by atoms with E-state index in [1.165, 1.54) is 0 Å². The van der Waals surface area contributed by atoms with Crippen LogP contribution in [0.15, 0.2) is 65.5 Å². The Labute approximate surface area is 162 Å². The minimum Gasteiger partial charge on any atom is -0.376 e. The quantitative estimate of drug-likeness (QED) is 0.718. The van der Waals surface area contributed by atoms with E-state index in [0.29, 0.717) is 24.4 Å². The molecule has 4 rings (SSSR count). The van der Waals surface area contributed by atoms with Gasteiger partial charge in [-0.2, -0.15) is 5.10 Å². The second-order valence-electron chi connectivity index (χ2n) is 6.73. The van der Waals surface area contributed by atoms with E-state index in [0.717, 1.165) is 24.0 Å². The molecule has 1 aliphatic rings. The molecule has 0 radical (unpaired) electrons. The van der Waals surface area contributed by atoms with Gasteiger partial charge in [0.25, 0.3) is 11.5 Å². The zero-order valence-corrected chi connectivity index (χ0v) is 15.4. The summed E-state index contributed by atoms with van der Waals surface area (Å²) < 4.78 is 5.56. The smallest absolute Gasteiger partial charge is 0.277 e. The summed E-state index contributed by atoms with van der Waals surface area (Å²) >= 11 is 0. The first-order valence-electron chi connectivity index (χ1n) is 9.37. The molecule has 1 saturated heterocycles. The third-order valence-corrected chi connectivity index (χ3v) is 4.83. The minimum absolute atomic E-state index is 0.00126. The van der Waals surface area contributed by atoms with Gasteiger partial charge in [-0.15, -0.1) is 0 Å². The molecular weight excluding hydrogens is 354 g/mol. The van der Waals surface area contributed by atoms with Gasteiger partial charge in [-0.25, -0.2) is 5.10 Å². The number of aromatic nitrogens is 2. The third-order valence-electron chi connectivity index (χ3n) is 4.83. The van der Waals surface area contributed by atoms with Crippen LogP contribution in [0, 0.1) is 0 Å². The number of carbonyl (C=O) groups excluding carboxylic acids is 1. The van der Waals surface area contributed by atoms with E-state index in [2.05, 4.69) is 15.5 Å². The van der Waals surface area contributed by atoms with Crippen molar-refractivity contribution in [2.75, 3.05) is 13.2 Å². The van der Waals surface area contributed by atoms with Crippen LogP contribution in [0.25, 0.3) is 22.4 Å². The van der Waals surface area contributed by atoms with Gasteiger partial charge >= 0.3 is 0 Å². The SMILES string of the molecule is O=C(NC[C@@H]1CCCO1)c1c(-c2ccccc2)c(-c2ccccc2)n[nH]c1=O. The number of hydrogen-bond acceptors (Lipinski definition) is 4. The van der Waals surface area contributed by atoms with Crippen LogP contribution in [0.2, 0.25) is 0 Å². The number of nitrogens with one attached hydrogen (secondary N) is 2. The molecule has 0 unspecified atom stereocenters. The lowest BCUT2D eigenvalue weighted by atomic mass is 9.95. The molecule has 1 aromatic heterocycles. The van der Waals surface area contributed by atoms with Crippen molar-refractivity contribution in [3.05, 3.63) is 76.6 Å². The van der Waals surface area contributed by atoms with E-state index in [9.17, 15) is 9.59 Å². The highest BCUT2D eigenvalue weighted by atomic mass is 16.5. The van der Waals surface area contributed by atoms with Crippen LogP contribution >= 0.6 is 0 Å². The molecule has 6 nitrogen and oxygen atoms in total. The van der Waals surface area contributed by atoms with E-state index >= 15 is 0 Å². The lowest BCUT2D eigenvalue weighted by molar-refractivity contribution is 0.0857. The Bertz CT molecular complexity index is 1010. The van der Waals surface area contributed by atoms with Crippen LogP contribution in [0.3, 0.4) is 0 Å². The van der Waals surface area contributed by atoms with Crippen molar-refractivity contribution < 1.29 is 9.53 Å². The number of hydrogen-bond donors (Lipinski definition) is 2. The van der Waals surface area contributed by atoms with E-state index in [1.54, 1.807) is 0 Å². The fraction of sp³-hybridized carbons (Fsp3) is 0.227. The van der Waals surface area contributed by atoms with Crippen LogP contribution in [-0.2, 0) is 4.74 Å². The number of nitrogens with zero attached hydrogens (tertiary/aromatic N) is 1. The van der Waals surface area contributed by atoms with Crippen LogP contribution < -0.4 is 10.9 Å². The van der Waals surface area contributed by atoms with Crippen LogP contribution in [0.4, 0.5) is 0 Å². The highest BCUT2D eigenvalue weighted by Gasteiger charge is 2.24. The van der Waals surface area contributed by atoms with Crippen molar-refractivity contribution in [3.63, 3.8) is 0 Å². The number of amides is 1. The van der Waals surface area contributed by atoms with Crippen molar-refractivity contribution in [1.29, 1.82) is 0 Å². The molecule has 142 valence electrons. The van der Waals surface area contributed by atoms with E-state index < -0.39 is 11.5 Å². The number of benzene rings is 2. The lowest BCUT2D eigenvalue weighted by Crippen LogP contribution is -2.36. The van der Waals surface area contributed by atoms with Crippen molar-refractivity contribution in [2.45, 2.75) is 18.9 Å². The zero-order chi connectivity index (χ0) is 19.3. The molecule has 1 amide bonds. The molecular formula is C22H21N3O3. The molecule has 1 fully saturated rings. The van der Waals surface area contributed by atoms with Crippen LogP contribution in [-0.4, -0.2) is 35.4 Å². The van der Waals surface area contributed by atoms with Gasteiger partial charge in [0.1, 0.15) is 5.56 Å². The normalized spacial score (nSPS) is 16.1. The topological polar surface area (TPSA) is 84.1 Å². The molecule has 0 spiro atoms. The number of carbonyl (C=O) groups is 1. The zero-order valence-electron chi connectivity index (χ0n) is 15.4. The Morgan fingerprint density at radius 1 is 1.07 bits per heavy atom. The number of H-pyrrole nitrogens is 1. The average molecular weight is 375 g/mol. The molecule has 0 bridgehead atoms. The summed E-state index contributed by atoms with van der Waals surface area (Å²) in [6.45, 7) is 1.10. The summed E-state index contributed by atoms with van der Waals surface area (Å²) in [7, 11) is 0. The highest BCUT2D eigenvalue weighted by Crippen LogP contribution is 2.31. The second kappa shape index (κ2) is 8.19. The molecule has 1 atom stereocenters. The first-order valence-corrected chi connectivity index (χ1v) is 9.37. The molecule has 0 saturated carbocycles. The van der Waals surface area contributed by atoms with Gasteiger partial charge in [0.05, 0.1) is 11.8 Å². The second-order valence-corrected chi connectivity index (χ2v) is 6.73. The fourth-order valence-corrected chi connectivity index (χ4v) is 3.46. The van der Waals surface area contributed by atoms with Crippen molar-refractivity contribution >= 4 is 5.91 Å². The maximum Gasteiger partial charge on any atom is 0.277 e. The Hall–Kier alpha value is -3.25. The first-order chi connectivity index (χ1) is 13.7. The van der Waals surface area contributed by atoms with Gasteiger partial charge in [-0.1, -0.05) is 60.7 Å². The fourth-order valence-electron chi connectivity index (χ4n) is 3.46. The number of aromatic amines is 1. The van der Waals surface area contributed by atoms with Crippen LogP contribution in [0.5, 0.6) is 0 Å². The predicted molar refractivity (Wildman–Crippen MR) is 107 cm³/mol. The Morgan fingerprint density at radius 3 is 2.39 bits per heavy atom. The van der Waals surface area contributed by atoms with E-state index in [4.69, 9.17) is 4.74 Å². The van der Waals surface area contributed by atoms with Crippen LogP contribution in [0.1, 0.15) is 23.2 Å². The van der Waals surface area contributed by atoms with Gasteiger partial charge in [0, 0.05) is 24.3 Å². The van der Waals surface area contributed by atoms with Gasteiger partial charge in [-0.05, 0) is 18.4 Å². The van der Waals surface area contributed by atoms with Gasteiger partial charge < -0.3 is 10.1 Å². The Balaban J connectivity index is 1.80. The number of rotatable bonds is 5. The molecule has 2 aromatic carbocycles. The standard InChI is InChI=1S/C22H21N3O3/c26-21(23-14-17-12-7-13-28-17)19-18(15-8-3-1-4-9-15)20(24-25-22(19)27)16-10-5-2-6-11-16/h1-6,8-11,17H,7,12-14H2,(H,23,26)(H,25,27)/t17-/m0/s1. The maximum atomic E-state index is 13.0. The summed E-state index contributed by atoms with van der Waals surface area (Å²) in [5.41, 5.74) is 2.24. The van der Waals surface area contributed by atoms with Crippen molar-refractivity contribution in [3.8, 4) is 22.4 Å². The molecule has 28 heavy (non-hydrogen) atoms. The van der Waals surface area contributed by atoms with Gasteiger partial charge in [0.15, 0.2) is 0 Å². The summed E-state index contributed by atoms with van der Waals surface area (Å²) in [6, 6.07) is 18.9. The lowest BCUT2D eigenvalue weighted by Gasteiger charge is -2.15. The molecule has 2 heterocycles. The summed E-state index contributed by atoms with van der Waals surface area (Å²) in [6.07, 6.45) is 1.90. The molecule has 1 aliphatic heterocycles. The average Bonchev–Trinajstić information content (AvgIpc) is 3.27. The summed E-state index contributed by atoms with van der Waals surface area (Å²) in [4.78, 5) is 25.6. The predicted octanol–water partition coefficient (Wildman–Crippen LogP) is 3.01. The molecule has 6 heteroatoms. The largest absolute Gasteiger partial charge is 0.376 e. The third kappa shape index (κ3) is 3.73. The number of ether oxygens (including phenoxy) is 1. The van der Waals surface area contributed by atoms with Gasteiger partial charge in [0.2, 0.25) is 0 Å². The van der Waals surface area contributed by atoms with Crippen molar-refractivity contribution in [2.24, 2.45) is 0 Å². The summed E-state index contributed by atoms with van der Waals surface area (Å²) in [5, 5.41) is 9.61. The minimum atomic E-state index is -0.511. The monoisotopic (exact) mass is 375 g/mol.